The summed E-state index contributed by atoms with van der Waals surface area (Å²) < 4.78 is 68.5. The van der Waals surface area contributed by atoms with Gasteiger partial charge in [0.15, 0.2) is 12.2 Å². The lowest BCUT2D eigenvalue weighted by molar-refractivity contribution is -0.161. The van der Waals surface area contributed by atoms with Crippen LogP contribution >= 0.6 is 15.6 Å². The van der Waals surface area contributed by atoms with Crippen LogP contribution in [0.15, 0.2) is 0 Å². The normalized spacial score (nSPS) is 14.1. The molecule has 0 aliphatic rings. The van der Waals surface area contributed by atoms with Crippen LogP contribution in [0.25, 0.3) is 0 Å². The predicted octanol–water partition coefficient (Wildman–Crippen LogP) is 22.6. The lowest BCUT2D eigenvalue weighted by Crippen LogP contribution is -2.30. The smallest absolute Gasteiger partial charge is 0.462 e. The molecular weight excluding hydrogens is 1260 g/mol. The number of phosphoric ester groups is 2. The van der Waals surface area contributed by atoms with Crippen molar-refractivity contribution >= 4 is 39.5 Å². The molecule has 0 saturated heterocycles. The zero-order valence-corrected chi connectivity index (χ0v) is 64.6. The summed E-state index contributed by atoms with van der Waals surface area (Å²) in [7, 11) is -9.91. The van der Waals surface area contributed by atoms with E-state index < -0.39 is 97.5 Å². The average Bonchev–Trinajstić information content (AvgIpc) is 1.38. The molecule has 5 atom stereocenters. The number of phosphoric acid groups is 2. The molecule has 0 bridgehead atoms. The van der Waals surface area contributed by atoms with Crippen molar-refractivity contribution in [3.63, 3.8) is 0 Å². The average molecular weight is 1410 g/mol. The zero-order valence-electron chi connectivity index (χ0n) is 62.8. The van der Waals surface area contributed by atoms with Crippen LogP contribution in [0.3, 0.4) is 0 Å². The van der Waals surface area contributed by atoms with Crippen LogP contribution in [0, 0.1) is 17.8 Å². The molecule has 0 aliphatic carbocycles. The number of hydrogen-bond acceptors (Lipinski definition) is 15. The maximum atomic E-state index is 13.1. The van der Waals surface area contributed by atoms with Crippen molar-refractivity contribution in [3.8, 4) is 0 Å². The molecule has 0 heterocycles. The van der Waals surface area contributed by atoms with Gasteiger partial charge in [0.2, 0.25) is 0 Å². The fourth-order valence-electron chi connectivity index (χ4n) is 11.8. The van der Waals surface area contributed by atoms with E-state index in [4.69, 9.17) is 37.0 Å². The van der Waals surface area contributed by atoms with Gasteiger partial charge in [-0.15, -0.1) is 0 Å². The molecule has 0 aromatic carbocycles. The zero-order chi connectivity index (χ0) is 70.9. The Morgan fingerprint density at radius 1 is 0.281 bits per heavy atom. The van der Waals surface area contributed by atoms with Crippen LogP contribution in [-0.2, 0) is 65.4 Å². The SMILES string of the molecule is CCCCCCCCCCCC(=O)OC[C@H](COP(=O)(O)OC[C@H](O)COP(=O)(O)OC[C@@H](COC(=O)CCCCCCCCCCCCCCCCCC(C)C)OC(=O)CCCCCCCCCCCCCCCCCCC(C)C)OC(=O)CCCCCCCCCC(C)C. The second-order valence-electron chi connectivity index (χ2n) is 29.2. The Hall–Kier alpha value is -1.94. The monoisotopic (exact) mass is 1410 g/mol. The fourth-order valence-corrected chi connectivity index (χ4v) is 13.4. The lowest BCUT2D eigenvalue weighted by atomic mass is 10.0. The van der Waals surface area contributed by atoms with Gasteiger partial charge >= 0.3 is 39.5 Å². The summed E-state index contributed by atoms with van der Waals surface area (Å²) in [5, 5.41) is 10.6. The first kappa shape index (κ1) is 94.1. The topological polar surface area (TPSA) is 237 Å². The Morgan fingerprint density at radius 3 is 0.708 bits per heavy atom. The number of esters is 4. The first-order chi connectivity index (χ1) is 46.2. The Kier molecular flexibility index (Phi) is 66.2. The van der Waals surface area contributed by atoms with E-state index >= 15 is 0 Å². The number of unbranched alkanes of at least 4 members (excludes halogenated alkanes) is 43. The van der Waals surface area contributed by atoms with Crippen LogP contribution in [0.5, 0.6) is 0 Å². The Morgan fingerprint density at radius 2 is 0.479 bits per heavy atom. The summed E-state index contributed by atoms with van der Waals surface area (Å²) in [6.07, 6.45) is 54.3. The molecule has 0 aliphatic heterocycles. The van der Waals surface area contributed by atoms with Crippen molar-refractivity contribution in [1.29, 1.82) is 0 Å². The van der Waals surface area contributed by atoms with Gasteiger partial charge in [0.05, 0.1) is 26.4 Å². The number of rotatable bonds is 75. The first-order valence-corrected chi connectivity index (χ1v) is 42.8. The maximum absolute atomic E-state index is 13.1. The molecule has 17 nitrogen and oxygen atoms in total. The third-order valence-corrected chi connectivity index (χ3v) is 19.8. The molecule has 570 valence electrons. The van der Waals surface area contributed by atoms with Gasteiger partial charge in [-0.05, 0) is 43.4 Å². The van der Waals surface area contributed by atoms with Crippen LogP contribution in [0.4, 0.5) is 0 Å². The predicted molar refractivity (Wildman–Crippen MR) is 391 cm³/mol. The molecule has 0 fully saturated rings. The lowest BCUT2D eigenvalue weighted by Gasteiger charge is -2.21. The molecule has 0 spiro atoms. The van der Waals surface area contributed by atoms with Gasteiger partial charge in [-0.2, -0.15) is 0 Å². The van der Waals surface area contributed by atoms with Gasteiger partial charge in [-0.25, -0.2) is 9.13 Å². The number of hydrogen-bond donors (Lipinski definition) is 3. The van der Waals surface area contributed by atoms with Crippen molar-refractivity contribution in [1.82, 2.24) is 0 Å². The third kappa shape index (κ3) is 70.5. The minimum absolute atomic E-state index is 0.103. The molecule has 96 heavy (non-hydrogen) atoms. The van der Waals surface area contributed by atoms with Crippen LogP contribution in [-0.4, -0.2) is 96.7 Å². The van der Waals surface area contributed by atoms with Crippen molar-refractivity contribution in [3.05, 3.63) is 0 Å². The molecule has 0 amide bonds. The van der Waals surface area contributed by atoms with Crippen LogP contribution in [0.2, 0.25) is 0 Å². The van der Waals surface area contributed by atoms with E-state index in [-0.39, 0.29) is 25.7 Å². The van der Waals surface area contributed by atoms with E-state index in [9.17, 15) is 43.2 Å². The van der Waals surface area contributed by atoms with Crippen molar-refractivity contribution in [2.75, 3.05) is 39.6 Å². The number of carbonyl (C=O) groups is 4. The second kappa shape index (κ2) is 67.5. The van der Waals surface area contributed by atoms with Gasteiger partial charge in [-0.1, -0.05) is 344 Å². The van der Waals surface area contributed by atoms with E-state index in [1.807, 2.05) is 0 Å². The quantitative estimate of drug-likeness (QED) is 0.0222. The minimum Gasteiger partial charge on any atom is -0.462 e. The first-order valence-electron chi connectivity index (χ1n) is 39.8. The van der Waals surface area contributed by atoms with Gasteiger partial charge in [-0.3, -0.25) is 37.3 Å². The van der Waals surface area contributed by atoms with Gasteiger partial charge < -0.3 is 33.8 Å². The molecular formula is C77H150O17P2. The molecule has 0 rings (SSSR count). The summed E-state index contributed by atoms with van der Waals surface area (Å²) >= 11 is 0. The van der Waals surface area contributed by atoms with Crippen molar-refractivity contribution in [2.24, 2.45) is 17.8 Å². The highest BCUT2D eigenvalue weighted by molar-refractivity contribution is 7.47. The Bertz CT molecular complexity index is 1870. The Balaban J connectivity index is 5.20. The third-order valence-electron chi connectivity index (χ3n) is 17.9. The van der Waals surface area contributed by atoms with Gasteiger partial charge in [0.1, 0.15) is 19.3 Å². The Labute approximate surface area is 588 Å². The summed E-state index contributed by atoms with van der Waals surface area (Å²) in [4.78, 5) is 72.7. The number of ether oxygens (including phenoxy) is 4. The summed E-state index contributed by atoms with van der Waals surface area (Å²) in [6.45, 7) is 11.9. The molecule has 19 heteroatoms. The fraction of sp³-hybridized carbons (Fsp3) is 0.948. The summed E-state index contributed by atoms with van der Waals surface area (Å²) in [5.41, 5.74) is 0. The van der Waals surface area contributed by atoms with Crippen molar-refractivity contribution in [2.45, 2.75) is 414 Å². The van der Waals surface area contributed by atoms with E-state index in [0.29, 0.717) is 31.6 Å². The number of aliphatic hydroxyl groups excluding tert-OH is 1. The van der Waals surface area contributed by atoms with E-state index in [1.165, 1.54) is 205 Å². The highest BCUT2D eigenvalue weighted by Crippen LogP contribution is 2.45. The highest BCUT2D eigenvalue weighted by atomic mass is 31.2. The molecule has 0 radical (unpaired) electrons. The molecule has 0 aromatic rings. The van der Waals surface area contributed by atoms with Crippen LogP contribution < -0.4 is 0 Å². The van der Waals surface area contributed by atoms with E-state index in [1.54, 1.807) is 0 Å². The molecule has 2 unspecified atom stereocenters. The minimum atomic E-state index is -4.96. The van der Waals surface area contributed by atoms with Crippen molar-refractivity contribution < 1.29 is 80.2 Å². The number of carbonyl (C=O) groups excluding carboxylic acids is 4. The maximum Gasteiger partial charge on any atom is 0.472 e. The standard InChI is InChI=1S/C77H150O17P2/c1-8-9-10-11-12-28-37-44-51-58-74(79)87-65-73(94-77(82)61-54-47-40-33-36-43-50-57-70(6)7)67-92-96(85,86)90-63-71(78)62-89-95(83,84)91-66-72(64-88-75(80)59-52-45-38-31-26-22-19-15-17-21-25-30-35-42-49-56-69(4)5)93-76(81)60-53-46-39-32-27-23-18-14-13-16-20-24-29-34-41-48-55-68(2)3/h68-73,78H,8-67H2,1-7H3,(H,83,84)(H,85,86)/t71-,72-,73-/m1/s1. The molecule has 0 aromatic heterocycles. The molecule has 0 saturated carbocycles. The summed E-state index contributed by atoms with van der Waals surface area (Å²) in [6, 6.07) is 0. The van der Waals surface area contributed by atoms with Gasteiger partial charge in [0.25, 0.3) is 0 Å². The molecule has 3 N–H and O–H groups in total. The number of aliphatic hydroxyl groups is 1. The summed E-state index contributed by atoms with van der Waals surface area (Å²) in [5.74, 6) is 0.192. The second-order valence-corrected chi connectivity index (χ2v) is 32.1. The largest absolute Gasteiger partial charge is 0.472 e. The van der Waals surface area contributed by atoms with E-state index in [2.05, 4.69) is 48.5 Å². The highest BCUT2D eigenvalue weighted by Gasteiger charge is 2.30. The van der Waals surface area contributed by atoms with Gasteiger partial charge in [0, 0.05) is 25.7 Å². The van der Waals surface area contributed by atoms with E-state index in [0.717, 1.165) is 102 Å². The van der Waals surface area contributed by atoms with Crippen LogP contribution in [0.1, 0.15) is 395 Å².